The SMILES string of the molecule is COc1ccc([C@@H](CC(=O)NCCN2CCOCC2)c2cn(C)c3ccccc23)cc1. The molecular formula is C25H31N3O3. The topological polar surface area (TPSA) is 55.7 Å². The van der Waals surface area contributed by atoms with E-state index in [-0.39, 0.29) is 11.8 Å². The Kier molecular flexibility index (Phi) is 6.89. The predicted molar refractivity (Wildman–Crippen MR) is 123 cm³/mol. The van der Waals surface area contributed by atoms with Gasteiger partial charge in [-0.15, -0.1) is 0 Å². The van der Waals surface area contributed by atoms with Crippen LogP contribution in [-0.2, 0) is 16.6 Å². The molecule has 0 bridgehead atoms. The van der Waals surface area contributed by atoms with E-state index >= 15 is 0 Å². The predicted octanol–water partition coefficient (Wildman–Crippen LogP) is 3.16. The molecule has 1 aliphatic heterocycles. The van der Waals surface area contributed by atoms with Crippen molar-refractivity contribution in [2.45, 2.75) is 12.3 Å². The lowest BCUT2D eigenvalue weighted by molar-refractivity contribution is -0.121. The Morgan fingerprint density at radius 2 is 1.87 bits per heavy atom. The summed E-state index contributed by atoms with van der Waals surface area (Å²) >= 11 is 0. The number of hydrogen-bond donors (Lipinski definition) is 1. The van der Waals surface area contributed by atoms with Crippen molar-refractivity contribution in [1.82, 2.24) is 14.8 Å². The summed E-state index contributed by atoms with van der Waals surface area (Å²) < 4.78 is 12.9. The standard InChI is InChI=1S/C25H31N3O3/c1-27-18-23(21-5-3-4-6-24(21)27)22(19-7-9-20(30-2)10-8-19)17-25(29)26-11-12-28-13-15-31-16-14-28/h3-10,18,22H,11-17H2,1-2H3,(H,26,29)/t22-/m1/s1. The van der Waals surface area contributed by atoms with E-state index in [1.54, 1.807) is 7.11 Å². The van der Waals surface area contributed by atoms with Gasteiger partial charge in [-0.05, 0) is 29.3 Å². The average Bonchev–Trinajstić information content (AvgIpc) is 3.15. The van der Waals surface area contributed by atoms with E-state index in [0.717, 1.165) is 44.2 Å². The fourth-order valence-electron chi connectivity index (χ4n) is 4.33. The van der Waals surface area contributed by atoms with Crippen LogP contribution in [0.5, 0.6) is 5.75 Å². The van der Waals surface area contributed by atoms with E-state index in [2.05, 4.69) is 58.4 Å². The molecule has 2 aromatic carbocycles. The number of ether oxygens (including phenoxy) is 2. The highest BCUT2D eigenvalue weighted by Gasteiger charge is 2.22. The largest absolute Gasteiger partial charge is 0.497 e. The molecule has 0 spiro atoms. The molecule has 1 aromatic heterocycles. The minimum Gasteiger partial charge on any atom is -0.497 e. The van der Waals surface area contributed by atoms with Gasteiger partial charge >= 0.3 is 0 Å². The second kappa shape index (κ2) is 9.98. The van der Waals surface area contributed by atoms with Gasteiger partial charge in [-0.1, -0.05) is 30.3 Å². The summed E-state index contributed by atoms with van der Waals surface area (Å²) in [5.41, 5.74) is 3.45. The zero-order valence-electron chi connectivity index (χ0n) is 18.3. The summed E-state index contributed by atoms with van der Waals surface area (Å²) in [6, 6.07) is 16.4. The molecule has 6 heteroatoms. The number of benzene rings is 2. The third-order valence-corrected chi connectivity index (χ3v) is 6.06. The molecule has 1 N–H and O–H groups in total. The summed E-state index contributed by atoms with van der Waals surface area (Å²) in [5, 5.41) is 4.31. The summed E-state index contributed by atoms with van der Waals surface area (Å²) in [6.07, 6.45) is 2.56. The molecule has 164 valence electrons. The minimum atomic E-state index is -0.0274. The molecule has 1 fully saturated rings. The van der Waals surface area contributed by atoms with Crippen LogP contribution in [0.4, 0.5) is 0 Å². The smallest absolute Gasteiger partial charge is 0.220 e. The second-order valence-electron chi connectivity index (χ2n) is 8.05. The van der Waals surface area contributed by atoms with Gasteiger partial charge in [0.15, 0.2) is 0 Å². The Hall–Kier alpha value is -2.83. The first-order chi connectivity index (χ1) is 15.2. The van der Waals surface area contributed by atoms with Crippen LogP contribution in [0.2, 0.25) is 0 Å². The van der Waals surface area contributed by atoms with Crippen LogP contribution in [0.1, 0.15) is 23.5 Å². The number of hydrogen-bond acceptors (Lipinski definition) is 4. The van der Waals surface area contributed by atoms with E-state index in [1.807, 2.05) is 18.2 Å². The van der Waals surface area contributed by atoms with Crippen molar-refractivity contribution in [2.75, 3.05) is 46.5 Å². The van der Waals surface area contributed by atoms with Gasteiger partial charge in [0.05, 0.1) is 20.3 Å². The monoisotopic (exact) mass is 421 g/mol. The van der Waals surface area contributed by atoms with Crippen LogP contribution in [0, 0.1) is 0 Å². The van der Waals surface area contributed by atoms with Gasteiger partial charge in [0.2, 0.25) is 5.91 Å². The highest BCUT2D eigenvalue weighted by molar-refractivity contribution is 5.86. The lowest BCUT2D eigenvalue weighted by Gasteiger charge is -2.26. The number of rotatable bonds is 8. The zero-order valence-corrected chi connectivity index (χ0v) is 18.3. The van der Waals surface area contributed by atoms with Crippen LogP contribution in [-0.4, -0.2) is 61.9 Å². The maximum absolute atomic E-state index is 12.9. The van der Waals surface area contributed by atoms with Crippen molar-refractivity contribution in [1.29, 1.82) is 0 Å². The molecule has 0 aliphatic carbocycles. The van der Waals surface area contributed by atoms with Crippen LogP contribution in [0.15, 0.2) is 54.7 Å². The first kappa shape index (κ1) is 21.4. The first-order valence-corrected chi connectivity index (χ1v) is 10.9. The summed E-state index contributed by atoms with van der Waals surface area (Å²) in [5.74, 6) is 0.859. The Balaban J connectivity index is 1.52. The maximum atomic E-state index is 12.9. The van der Waals surface area contributed by atoms with Gasteiger partial charge in [-0.2, -0.15) is 0 Å². The molecule has 6 nitrogen and oxygen atoms in total. The van der Waals surface area contributed by atoms with Crippen molar-refractivity contribution >= 4 is 16.8 Å². The fourth-order valence-corrected chi connectivity index (χ4v) is 4.33. The van der Waals surface area contributed by atoms with Crippen LogP contribution >= 0.6 is 0 Å². The number of para-hydroxylation sites is 1. The van der Waals surface area contributed by atoms with Gasteiger partial charge in [0, 0.05) is 62.7 Å². The summed E-state index contributed by atoms with van der Waals surface area (Å²) in [6.45, 7) is 4.92. The average molecular weight is 422 g/mol. The number of methoxy groups -OCH3 is 1. The Morgan fingerprint density at radius 3 is 2.61 bits per heavy atom. The lowest BCUT2D eigenvalue weighted by atomic mass is 9.88. The third-order valence-electron chi connectivity index (χ3n) is 6.06. The molecule has 0 unspecified atom stereocenters. The summed E-state index contributed by atoms with van der Waals surface area (Å²) in [4.78, 5) is 15.3. The van der Waals surface area contributed by atoms with E-state index in [4.69, 9.17) is 9.47 Å². The number of aromatic nitrogens is 1. The number of nitrogens with one attached hydrogen (secondary N) is 1. The molecule has 3 aromatic rings. The lowest BCUT2D eigenvalue weighted by Crippen LogP contribution is -2.41. The highest BCUT2D eigenvalue weighted by atomic mass is 16.5. The number of carbonyl (C=O) groups excluding carboxylic acids is 1. The van der Waals surface area contributed by atoms with Crippen molar-refractivity contribution < 1.29 is 14.3 Å². The molecule has 1 atom stereocenters. The molecule has 31 heavy (non-hydrogen) atoms. The van der Waals surface area contributed by atoms with E-state index < -0.39 is 0 Å². The Bertz CT molecular complexity index is 1010. The molecule has 1 aliphatic rings. The molecule has 0 radical (unpaired) electrons. The van der Waals surface area contributed by atoms with Crippen molar-refractivity contribution in [2.24, 2.45) is 7.05 Å². The van der Waals surface area contributed by atoms with Crippen LogP contribution in [0.25, 0.3) is 10.9 Å². The molecule has 0 saturated carbocycles. The number of morpholine rings is 1. The molecule has 2 heterocycles. The van der Waals surface area contributed by atoms with Gasteiger partial charge < -0.3 is 19.4 Å². The van der Waals surface area contributed by atoms with Crippen LogP contribution in [0.3, 0.4) is 0 Å². The number of fused-ring (bicyclic) bond motifs is 1. The number of amides is 1. The number of carbonyl (C=O) groups is 1. The summed E-state index contributed by atoms with van der Waals surface area (Å²) in [7, 11) is 3.72. The van der Waals surface area contributed by atoms with Gasteiger partial charge in [0.1, 0.15) is 5.75 Å². The van der Waals surface area contributed by atoms with E-state index in [0.29, 0.717) is 13.0 Å². The number of nitrogens with zero attached hydrogens (tertiary/aromatic N) is 2. The molecule has 1 amide bonds. The molecular weight excluding hydrogens is 390 g/mol. The van der Waals surface area contributed by atoms with Crippen molar-refractivity contribution in [3.05, 3.63) is 65.9 Å². The van der Waals surface area contributed by atoms with E-state index in [9.17, 15) is 4.79 Å². The Labute approximate surface area is 183 Å². The quantitative estimate of drug-likeness (QED) is 0.607. The van der Waals surface area contributed by atoms with Crippen molar-refractivity contribution in [3.63, 3.8) is 0 Å². The van der Waals surface area contributed by atoms with Crippen molar-refractivity contribution in [3.8, 4) is 5.75 Å². The fraction of sp³-hybridized carbons (Fsp3) is 0.400. The first-order valence-electron chi connectivity index (χ1n) is 10.9. The maximum Gasteiger partial charge on any atom is 0.220 e. The second-order valence-corrected chi connectivity index (χ2v) is 8.05. The molecule has 4 rings (SSSR count). The Morgan fingerprint density at radius 1 is 1.13 bits per heavy atom. The zero-order chi connectivity index (χ0) is 21.6. The number of aryl methyl sites for hydroxylation is 1. The van der Waals surface area contributed by atoms with Gasteiger partial charge in [-0.3, -0.25) is 9.69 Å². The van der Waals surface area contributed by atoms with E-state index in [1.165, 1.54) is 16.5 Å². The van der Waals surface area contributed by atoms with Gasteiger partial charge in [0.25, 0.3) is 0 Å². The van der Waals surface area contributed by atoms with Gasteiger partial charge in [-0.25, -0.2) is 0 Å². The normalized spacial score (nSPS) is 15.7. The third kappa shape index (κ3) is 5.09. The van der Waals surface area contributed by atoms with Crippen LogP contribution < -0.4 is 10.1 Å². The minimum absolute atomic E-state index is 0.0274. The highest BCUT2D eigenvalue weighted by Crippen LogP contribution is 2.35. The molecule has 1 saturated heterocycles.